The molecule has 19 nitrogen and oxygen atoms in total. The van der Waals surface area contributed by atoms with Crippen LogP contribution < -0.4 is 37.2 Å². The summed E-state index contributed by atoms with van der Waals surface area (Å²) < 4.78 is 26.8. The van der Waals surface area contributed by atoms with Crippen LogP contribution in [0, 0.1) is 0 Å². The first-order valence-electron chi connectivity index (χ1n) is 21.2. The van der Waals surface area contributed by atoms with E-state index in [1.165, 1.54) is 18.4 Å². The van der Waals surface area contributed by atoms with Gasteiger partial charge in [0.2, 0.25) is 6.41 Å². The number of aldehydes is 3. The second-order valence-electron chi connectivity index (χ2n) is 13.8. The number of carbonyl (C=O) groups is 4. The van der Waals surface area contributed by atoms with Crippen LogP contribution in [0.25, 0.3) is 21.3 Å². The van der Waals surface area contributed by atoms with Gasteiger partial charge >= 0.3 is 0 Å². The van der Waals surface area contributed by atoms with Crippen molar-refractivity contribution in [3.05, 3.63) is 81.7 Å². The number of nitrogens with zero attached hydrogens (tertiary/aromatic N) is 7. The van der Waals surface area contributed by atoms with Crippen LogP contribution in [-0.2, 0) is 32.2 Å². The van der Waals surface area contributed by atoms with Crippen molar-refractivity contribution in [1.82, 2.24) is 19.0 Å². The van der Waals surface area contributed by atoms with Crippen LogP contribution in [-0.4, -0.2) is 144 Å². The van der Waals surface area contributed by atoms with Crippen molar-refractivity contribution in [2.24, 2.45) is 37.9 Å². The Hall–Kier alpha value is -6.32. The molecule has 1 saturated heterocycles. The van der Waals surface area contributed by atoms with Gasteiger partial charge in [-0.15, -0.1) is 0 Å². The fourth-order valence-electron chi connectivity index (χ4n) is 6.31. The zero-order valence-electron chi connectivity index (χ0n) is 39.8. The zero-order chi connectivity index (χ0) is 49.4. The summed E-state index contributed by atoms with van der Waals surface area (Å²) in [5.41, 5.74) is 25.7. The molecule has 0 atom stereocenters. The number of allylic oxidation sites excluding steroid dienone is 6. The van der Waals surface area contributed by atoms with E-state index in [1.807, 2.05) is 32.9 Å². The first-order valence-corrected chi connectivity index (χ1v) is 22.0. The molecule has 362 valence electrons. The second kappa shape index (κ2) is 33.2. The van der Waals surface area contributed by atoms with Crippen molar-refractivity contribution in [2.75, 3.05) is 88.0 Å². The summed E-state index contributed by atoms with van der Waals surface area (Å²) in [5, 5.41) is 0. The Kier molecular flexibility index (Phi) is 29.0. The Balaban J connectivity index is 0.00000103. The smallest absolute Gasteiger partial charge is 0.204 e. The minimum Gasteiger partial charge on any atom is -0.494 e. The Morgan fingerprint density at radius 1 is 0.848 bits per heavy atom. The van der Waals surface area contributed by atoms with Gasteiger partial charge in [0.15, 0.2) is 16.9 Å². The molecule has 1 fully saturated rings. The monoisotopic (exact) mass is 936 g/mol. The highest BCUT2D eigenvalue weighted by atomic mass is 32.1. The van der Waals surface area contributed by atoms with E-state index in [4.69, 9.17) is 40.4 Å². The molecule has 1 aliphatic rings. The number of aromatic nitrogens is 3. The van der Waals surface area contributed by atoms with E-state index in [-0.39, 0.29) is 6.41 Å². The summed E-state index contributed by atoms with van der Waals surface area (Å²) in [6.45, 7) is 14.2. The van der Waals surface area contributed by atoms with Gasteiger partial charge in [-0.1, -0.05) is 23.5 Å². The van der Waals surface area contributed by atoms with Gasteiger partial charge in [0.1, 0.15) is 40.8 Å². The molecule has 5 rings (SSSR count). The van der Waals surface area contributed by atoms with Gasteiger partial charge in [-0.25, -0.2) is 4.98 Å². The minimum absolute atomic E-state index is 0.250. The van der Waals surface area contributed by atoms with Crippen molar-refractivity contribution >= 4 is 69.3 Å². The first kappa shape index (κ1) is 57.7. The van der Waals surface area contributed by atoms with Gasteiger partial charge < -0.3 is 51.0 Å². The molecule has 2 aromatic carbocycles. The van der Waals surface area contributed by atoms with E-state index in [2.05, 4.69) is 52.4 Å². The number of primary amides is 1. The van der Waals surface area contributed by atoms with Crippen LogP contribution in [0.5, 0.6) is 11.5 Å². The highest BCUT2D eigenvalue weighted by molar-refractivity contribution is 7.16. The minimum atomic E-state index is 0.250. The zero-order valence-corrected chi connectivity index (χ0v) is 40.6. The molecule has 2 aromatic heterocycles. The molecule has 8 N–H and O–H groups in total. The lowest BCUT2D eigenvalue weighted by Gasteiger charge is -2.26. The van der Waals surface area contributed by atoms with Crippen molar-refractivity contribution in [3.8, 4) is 11.5 Å². The molecule has 0 spiro atoms. The van der Waals surface area contributed by atoms with E-state index in [1.54, 1.807) is 59.6 Å². The molecule has 1 aliphatic heterocycles. The fourth-order valence-corrected chi connectivity index (χ4v) is 7.38. The maximum absolute atomic E-state index is 12.0. The number of hydrogen-bond donors (Lipinski definition) is 4. The first-order chi connectivity index (χ1) is 31.9. The third-order valence-electron chi connectivity index (χ3n) is 8.76. The number of nitrogens with two attached hydrogens (primary N) is 4. The molecule has 0 aliphatic carbocycles. The average molecular weight is 936 g/mol. The summed E-state index contributed by atoms with van der Waals surface area (Å²) in [6, 6.07) is 7.14. The maximum Gasteiger partial charge on any atom is 0.204 e. The maximum atomic E-state index is 12.0. The lowest BCUT2D eigenvalue weighted by molar-refractivity contribution is -0.107. The van der Waals surface area contributed by atoms with Crippen LogP contribution in [0.2, 0.25) is 0 Å². The predicted molar refractivity (Wildman–Crippen MR) is 265 cm³/mol. The largest absolute Gasteiger partial charge is 0.494 e. The van der Waals surface area contributed by atoms with Crippen molar-refractivity contribution in [2.45, 2.75) is 47.2 Å². The van der Waals surface area contributed by atoms with Gasteiger partial charge in [-0.3, -0.25) is 39.1 Å². The summed E-state index contributed by atoms with van der Waals surface area (Å²) >= 11 is 1.50. The number of thiazole rings is 1. The average Bonchev–Trinajstić information content (AvgIpc) is 3.87. The molecule has 0 unspecified atom stereocenters. The van der Waals surface area contributed by atoms with Crippen LogP contribution in [0.4, 0.5) is 0 Å². The Morgan fingerprint density at radius 3 is 1.95 bits per heavy atom. The van der Waals surface area contributed by atoms with Crippen molar-refractivity contribution in [3.63, 3.8) is 0 Å². The van der Waals surface area contributed by atoms with E-state index >= 15 is 0 Å². The number of carbonyl (C=O) groups excluding carboxylic acids is 4. The summed E-state index contributed by atoms with van der Waals surface area (Å²) in [5.74, 6) is 1.83. The molecule has 0 saturated carbocycles. The highest BCUT2D eigenvalue weighted by Gasteiger charge is 2.20. The van der Waals surface area contributed by atoms with Crippen LogP contribution in [0.3, 0.4) is 0 Å². The number of fused-ring (bicyclic) bond motifs is 2. The summed E-state index contributed by atoms with van der Waals surface area (Å²) in [6.07, 6.45) is 10.9. The Labute approximate surface area is 391 Å². The molecule has 0 bridgehead atoms. The highest BCUT2D eigenvalue weighted by Crippen LogP contribution is 2.31. The van der Waals surface area contributed by atoms with Gasteiger partial charge in [-0.05, 0) is 77.6 Å². The predicted octanol–water partition coefficient (Wildman–Crippen LogP) is 3.69. The second-order valence-corrected chi connectivity index (χ2v) is 14.8. The van der Waals surface area contributed by atoms with Crippen LogP contribution in [0.1, 0.15) is 60.7 Å². The van der Waals surface area contributed by atoms with Crippen molar-refractivity contribution < 1.29 is 38.1 Å². The molecular weight excluding hydrogens is 867 g/mol. The van der Waals surface area contributed by atoms with Gasteiger partial charge in [0.05, 0.1) is 42.9 Å². The van der Waals surface area contributed by atoms with Crippen LogP contribution in [0.15, 0.2) is 74.9 Å². The topological polar surface area (TPSA) is 272 Å². The van der Waals surface area contributed by atoms with Gasteiger partial charge in [0.25, 0.3) is 0 Å². The number of aliphatic imine (C=N–C) groups is 2. The Morgan fingerprint density at radius 2 is 1.42 bits per heavy atom. The number of methoxy groups -OCH3 is 2. The lowest BCUT2D eigenvalue weighted by atomic mass is 10.2. The number of rotatable bonds is 18. The normalized spacial score (nSPS) is 13.6. The van der Waals surface area contributed by atoms with Gasteiger partial charge in [-0.2, -0.15) is 0 Å². The number of amides is 1. The van der Waals surface area contributed by atoms with E-state index < -0.39 is 0 Å². The quantitative estimate of drug-likeness (QED) is 0.0480. The number of hydrogen-bond acceptors (Lipinski definition) is 17. The van der Waals surface area contributed by atoms with Crippen molar-refractivity contribution in [1.29, 1.82) is 0 Å². The molecule has 1 amide bonds. The molecule has 0 radical (unpaired) electrons. The lowest BCUT2D eigenvalue weighted by Crippen LogP contribution is -2.37. The number of imidazole rings is 1. The number of benzene rings is 2. The number of ether oxygens (including phenoxy) is 4. The SMILES string of the molecule is CCN=C(/C=C(/C)N)c1nc2cc(C=O)cc(OCCCN3CCOCC3)c2n1C/C=C/Cn1c(=NC)sc2cc(C=O)cc(OC)c21.CCN=C(C=O)/C=C(/C)N.CN.COC.NC=O. The molecule has 3 heterocycles. The van der Waals surface area contributed by atoms with Crippen LogP contribution >= 0.6 is 11.3 Å². The summed E-state index contributed by atoms with van der Waals surface area (Å²) in [4.78, 5) is 63.5. The molecule has 20 heteroatoms. The Bertz CT molecular complexity index is 2350. The fraction of sp³-hybridized carbons (Fsp3) is 0.435. The molecule has 66 heavy (non-hydrogen) atoms. The van der Waals surface area contributed by atoms with Gasteiger partial charge in [0, 0.05) is 89.6 Å². The number of morpholine rings is 1. The van der Waals surface area contributed by atoms with E-state index in [0.29, 0.717) is 95.9 Å². The standard InChI is InChI=1S/C35H43N7O5S.C7H12N2O.C2H6O.CH3NO.CH5N/c1-5-38-28(17-24(2)36)34-39-27-18-25(22-43)20-30(47-14-8-9-40-12-15-46-16-13-40)32(27)41(34)10-6-7-11-42-33-29(45-4)19-26(23-44)21-31(33)48-35(42)37-3;1-3-9-7(5-10)4-6(2)8;1-3-2;2-1-3;1-2/h6-7,17-23H,5,8-16,36H2,1-4H3;4-5H,3,8H2,1-2H3;1-2H3;1H,(H2,2,3);2H2,1H3/b7-6+,24-17-,37-35?,38-28?;6-4-,9-7?;;;. The summed E-state index contributed by atoms with van der Waals surface area (Å²) in [7, 11) is 8.10. The molecule has 4 aromatic rings. The third kappa shape index (κ3) is 18.6. The van der Waals surface area contributed by atoms with E-state index in [9.17, 15) is 14.4 Å². The molecular formula is C46H69N11O8S. The van der Waals surface area contributed by atoms with E-state index in [0.717, 1.165) is 72.4 Å². The third-order valence-corrected chi connectivity index (χ3v) is 9.88.